The molecular weight excluding hydrogens is 528 g/mol. The van der Waals surface area contributed by atoms with E-state index in [2.05, 4.69) is 20.9 Å². The Balaban J connectivity index is 1.49. The van der Waals surface area contributed by atoms with Crippen LogP contribution in [-0.2, 0) is 11.2 Å². The van der Waals surface area contributed by atoms with Crippen LogP contribution in [0.5, 0.6) is 0 Å². The van der Waals surface area contributed by atoms with Crippen molar-refractivity contribution in [2.45, 2.75) is 18.7 Å². The third-order valence-electron chi connectivity index (χ3n) is 6.88. The van der Waals surface area contributed by atoms with Gasteiger partial charge < -0.3 is 26.0 Å². The Hall–Kier alpha value is -4.83. The summed E-state index contributed by atoms with van der Waals surface area (Å²) in [7, 11) is 1.42. The lowest BCUT2D eigenvalue weighted by Gasteiger charge is -2.35. The number of hydrogen-bond acceptors (Lipinski definition) is 6. The fourth-order valence-corrected chi connectivity index (χ4v) is 5.02. The third-order valence-corrected chi connectivity index (χ3v) is 6.88. The monoisotopic (exact) mass is 557 g/mol. The minimum atomic E-state index is -0.851. The van der Waals surface area contributed by atoms with Crippen molar-refractivity contribution in [3.63, 3.8) is 0 Å². The number of halogens is 2. The Labute approximate surface area is 236 Å². The van der Waals surface area contributed by atoms with Gasteiger partial charge >= 0.3 is 0 Å². The van der Waals surface area contributed by atoms with E-state index in [-0.39, 0.29) is 31.0 Å². The molecule has 10 heteroatoms. The van der Waals surface area contributed by atoms with Gasteiger partial charge in [0.05, 0.1) is 41.8 Å². The number of aliphatic hydroxyl groups is 1. The average molecular weight is 558 g/mol. The fraction of sp³-hybridized carbons (Fsp3) is 0.194. The summed E-state index contributed by atoms with van der Waals surface area (Å²) in [5, 5.41) is 18.8. The highest BCUT2D eigenvalue weighted by molar-refractivity contribution is 5.95. The smallest absolute Gasteiger partial charge is 0.254 e. The second kappa shape index (κ2) is 12.1. The van der Waals surface area contributed by atoms with Crippen LogP contribution in [0.2, 0.25) is 0 Å². The van der Waals surface area contributed by atoms with E-state index in [4.69, 9.17) is 0 Å². The zero-order chi connectivity index (χ0) is 28.9. The number of carbonyl (C=O) groups excluding carboxylic acids is 2. The third kappa shape index (κ3) is 6.33. The zero-order valence-electron chi connectivity index (χ0n) is 22.3. The van der Waals surface area contributed by atoms with Crippen LogP contribution in [0.3, 0.4) is 0 Å². The van der Waals surface area contributed by atoms with Gasteiger partial charge in [-0.05, 0) is 60.0 Å². The topological polar surface area (TPSA) is 107 Å². The number of aromatic nitrogens is 1. The van der Waals surface area contributed by atoms with Crippen LogP contribution in [0.15, 0.2) is 85.1 Å². The summed E-state index contributed by atoms with van der Waals surface area (Å²) in [5.41, 5.74) is 3.60. The van der Waals surface area contributed by atoms with Gasteiger partial charge in [0.1, 0.15) is 17.9 Å². The summed E-state index contributed by atoms with van der Waals surface area (Å²) in [5.74, 6) is -1.98. The molecule has 0 saturated heterocycles. The SMILES string of the molecule is CNC(=O)c1cc(-c2cccnc2[C@H](Cc2cccc(F)c2)NC(=O)CN2CC(O)Nc3ccccc32)ccc1F. The van der Waals surface area contributed by atoms with Gasteiger partial charge in [0.2, 0.25) is 5.91 Å². The maximum absolute atomic E-state index is 14.4. The van der Waals surface area contributed by atoms with Gasteiger partial charge in [-0.1, -0.05) is 36.4 Å². The summed E-state index contributed by atoms with van der Waals surface area (Å²) in [6.07, 6.45) is 0.948. The minimum Gasteiger partial charge on any atom is -0.372 e. The first-order chi connectivity index (χ1) is 19.8. The van der Waals surface area contributed by atoms with E-state index in [0.717, 1.165) is 5.69 Å². The molecule has 5 rings (SSSR count). The molecule has 3 aromatic carbocycles. The largest absolute Gasteiger partial charge is 0.372 e. The second-order valence-corrected chi connectivity index (χ2v) is 9.72. The van der Waals surface area contributed by atoms with E-state index < -0.39 is 29.8 Å². The number of fused-ring (bicyclic) bond motifs is 1. The van der Waals surface area contributed by atoms with E-state index in [0.29, 0.717) is 28.1 Å². The summed E-state index contributed by atoms with van der Waals surface area (Å²) < 4.78 is 28.5. The highest BCUT2D eigenvalue weighted by Crippen LogP contribution is 2.32. The lowest BCUT2D eigenvalue weighted by molar-refractivity contribution is -0.120. The van der Waals surface area contributed by atoms with E-state index >= 15 is 0 Å². The zero-order valence-corrected chi connectivity index (χ0v) is 22.3. The van der Waals surface area contributed by atoms with E-state index in [9.17, 15) is 23.5 Å². The number of aliphatic hydroxyl groups excluding tert-OH is 1. The molecule has 4 aromatic rings. The number of nitrogens with zero attached hydrogens (tertiary/aromatic N) is 2. The van der Waals surface area contributed by atoms with Crippen LogP contribution in [0.25, 0.3) is 11.1 Å². The lowest BCUT2D eigenvalue weighted by Crippen LogP contribution is -2.47. The first-order valence-electron chi connectivity index (χ1n) is 13.1. The minimum absolute atomic E-state index is 0.0467. The van der Waals surface area contributed by atoms with Crippen LogP contribution in [0, 0.1) is 11.6 Å². The predicted octanol–water partition coefficient (Wildman–Crippen LogP) is 4.04. The first kappa shape index (κ1) is 27.7. The molecule has 0 radical (unpaired) electrons. The Morgan fingerprint density at radius 1 is 1.07 bits per heavy atom. The van der Waals surface area contributed by atoms with Gasteiger partial charge in [-0.25, -0.2) is 8.78 Å². The maximum Gasteiger partial charge on any atom is 0.254 e. The Bertz CT molecular complexity index is 1580. The molecule has 2 amide bonds. The van der Waals surface area contributed by atoms with Crippen LogP contribution in [0.1, 0.15) is 27.7 Å². The summed E-state index contributed by atoms with van der Waals surface area (Å²) >= 11 is 0. The predicted molar refractivity (Wildman–Crippen MR) is 152 cm³/mol. The highest BCUT2D eigenvalue weighted by Gasteiger charge is 2.26. The number of pyridine rings is 1. The van der Waals surface area contributed by atoms with E-state index in [1.165, 1.54) is 31.3 Å². The van der Waals surface area contributed by atoms with Gasteiger partial charge in [-0.3, -0.25) is 14.6 Å². The molecule has 0 bridgehead atoms. The van der Waals surface area contributed by atoms with Crippen LogP contribution >= 0.6 is 0 Å². The molecule has 0 aliphatic carbocycles. The van der Waals surface area contributed by atoms with Crippen LogP contribution in [-0.4, -0.2) is 48.3 Å². The first-order valence-corrected chi connectivity index (χ1v) is 13.1. The van der Waals surface area contributed by atoms with Crippen LogP contribution in [0.4, 0.5) is 20.2 Å². The number of benzene rings is 3. The van der Waals surface area contributed by atoms with Crippen molar-refractivity contribution in [3.05, 3.63) is 114 Å². The molecule has 4 N–H and O–H groups in total. The molecule has 1 aliphatic heterocycles. The summed E-state index contributed by atoms with van der Waals surface area (Å²) in [6.45, 7) is 0.153. The number of hydrogen-bond donors (Lipinski definition) is 4. The van der Waals surface area contributed by atoms with Crippen molar-refractivity contribution in [3.8, 4) is 11.1 Å². The number of rotatable bonds is 8. The quantitative estimate of drug-likeness (QED) is 0.261. The average Bonchev–Trinajstić information content (AvgIpc) is 2.96. The van der Waals surface area contributed by atoms with Gasteiger partial charge in [0, 0.05) is 18.8 Å². The molecule has 0 saturated carbocycles. The Kier molecular flexibility index (Phi) is 8.21. The van der Waals surface area contributed by atoms with E-state index in [1.54, 1.807) is 41.4 Å². The van der Waals surface area contributed by atoms with Crippen LogP contribution < -0.4 is 20.9 Å². The van der Waals surface area contributed by atoms with Crippen molar-refractivity contribution < 1.29 is 23.5 Å². The second-order valence-electron chi connectivity index (χ2n) is 9.72. The standard InChI is InChI=1S/C31H29F2N5O3/c1-34-31(41)23-16-20(11-12-24(23)33)22-8-5-13-35-30(22)26(15-19-6-4-7-21(32)14-19)37-29(40)18-38-17-28(39)36-25-9-2-3-10-27(25)38/h2-14,16,26,28,36,39H,15,17-18H2,1H3,(H,34,41)(H,37,40)/t26-,28?/m0/s1. The number of β-amino-alcohol motifs (C(OH)–C–C–N with tert-alkyl or cyclic N) is 1. The molecule has 2 heterocycles. The molecule has 0 spiro atoms. The molecule has 1 unspecified atom stereocenters. The fourth-order valence-electron chi connectivity index (χ4n) is 5.02. The molecule has 2 atom stereocenters. The highest BCUT2D eigenvalue weighted by atomic mass is 19.1. The lowest BCUT2D eigenvalue weighted by atomic mass is 9.94. The van der Waals surface area contributed by atoms with Crippen molar-refractivity contribution in [2.24, 2.45) is 0 Å². The Morgan fingerprint density at radius 3 is 2.71 bits per heavy atom. The normalized spacial score (nSPS) is 14.9. The van der Waals surface area contributed by atoms with Crippen molar-refractivity contribution in [1.29, 1.82) is 0 Å². The molecular formula is C31H29F2N5O3. The molecule has 0 fully saturated rings. The van der Waals surface area contributed by atoms with Crippen molar-refractivity contribution in [2.75, 3.05) is 30.4 Å². The molecule has 1 aromatic heterocycles. The summed E-state index contributed by atoms with van der Waals surface area (Å²) in [4.78, 5) is 32.1. The number of anilines is 2. The number of nitrogens with one attached hydrogen (secondary N) is 3. The number of para-hydroxylation sites is 2. The number of carbonyl (C=O) groups is 2. The molecule has 8 nitrogen and oxygen atoms in total. The van der Waals surface area contributed by atoms with Gasteiger partial charge in [0.15, 0.2) is 0 Å². The van der Waals surface area contributed by atoms with Crippen molar-refractivity contribution >= 4 is 23.2 Å². The van der Waals surface area contributed by atoms with Gasteiger partial charge in [-0.2, -0.15) is 0 Å². The molecule has 41 heavy (non-hydrogen) atoms. The van der Waals surface area contributed by atoms with Crippen molar-refractivity contribution in [1.82, 2.24) is 15.6 Å². The Morgan fingerprint density at radius 2 is 1.90 bits per heavy atom. The van der Waals surface area contributed by atoms with Gasteiger partial charge in [-0.15, -0.1) is 0 Å². The summed E-state index contributed by atoms with van der Waals surface area (Å²) in [6, 6.07) is 20.5. The molecule has 210 valence electrons. The van der Waals surface area contributed by atoms with Gasteiger partial charge in [0.25, 0.3) is 5.91 Å². The molecule has 1 aliphatic rings. The maximum atomic E-state index is 14.4. The van der Waals surface area contributed by atoms with E-state index in [1.807, 2.05) is 24.3 Å². The number of amides is 2.